The second-order valence-electron chi connectivity index (χ2n) is 8.42. The molecule has 0 radical (unpaired) electrons. The third-order valence-corrected chi connectivity index (χ3v) is 6.96. The average molecular weight is 428 g/mol. The summed E-state index contributed by atoms with van der Waals surface area (Å²) in [5.41, 5.74) is -2.17. The molecule has 0 spiro atoms. The summed E-state index contributed by atoms with van der Waals surface area (Å²) >= 11 is 0. The Kier molecular flexibility index (Phi) is 4.69. The topological polar surface area (TPSA) is 130 Å². The van der Waals surface area contributed by atoms with Gasteiger partial charge >= 0.3 is 0 Å². The molecule has 2 unspecified atom stereocenters. The van der Waals surface area contributed by atoms with Crippen LogP contribution >= 0.6 is 0 Å². The highest BCUT2D eigenvalue weighted by molar-refractivity contribution is 6.26. The summed E-state index contributed by atoms with van der Waals surface area (Å²) < 4.78 is 6.06. The number of ether oxygens (including phenoxy) is 1. The summed E-state index contributed by atoms with van der Waals surface area (Å²) in [4.78, 5) is 39.0. The molecule has 3 fully saturated rings. The molecular formula is C22H24N2O7. The summed E-state index contributed by atoms with van der Waals surface area (Å²) in [5.74, 6) is -2.66. The molecule has 0 saturated carbocycles. The number of carbonyl (C=O) groups excluding carboxylic acids is 2. The Morgan fingerprint density at radius 2 is 1.81 bits per heavy atom. The van der Waals surface area contributed by atoms with Gasteiger partial charge in [-0.1, -0.05) is 25.6 Å². The molecule has 9 heteroatoms. The molecule has 3 aliphatic heterocycles. The van der Waals surface area contributed by atoms with E-state index in [0.717, 1.165) is 4.90 Å². The number of aliphatic hydroxyl groups excluding tert-OH is 2. The van der Waals surface area contributed by atoms with Crippen LogP contribution in [0.15, 0.2) is 36.4 Å². The maximum Gasteiger partial charge on any atom is 0.277 e. The minimum atomic E-state index is -1.22. The van der Waals surface area contributed by atoms with E-state index in [4.69, 9.17) is 4.74 Å². The van der Waals surface area contributed by atoms with Gasteiger partial charge in [0.2, 0.25) is 11.8 Å². The van der Waals surface area contributed by atoms with Gasteiger partial charge in [-0.2, -0.15) is 0 Å². The number of non-ortho nitro benzene ring substituents is 1. The molecule has 3 aliphatic rings. The van der Waals surface area contributed by atoms with Gasteiger partial charge in [-0.25, -0.2) is 4.90 Å². The zero-order chi connectivity index (χ0) is 21.4. The largest absolute Gasteiger partial charge is 0.396 e. The fourth-order valence-corrected chi connectivity index (χ4v) is 5.67. The number of amides is 2. The van der Waals surface area contributed by atoms with Crippen LogP contribution in [0.4, 0.5) is 11.4 Å². The highest BCUT2D eigenvalue weighted by atomic mass is 16.6. The van der Waals surface area contributed by atoms with Gasteiger partial charge in [0.15, 0.2) is 0 Å². The number of benzene rings is 2. The maximum absolute atomic E-state index is 13.5. The van der Waals surface area contributed by atoms with Crippen molar-refractivity contribution < 1.29 is 29.5 Å². The van der Waals surface area contributed by atoms with Gasteiger partial charge in [0.1, 0.15) is 5.60 Å². The first kappa shape index (κ1) is 21.4. The average Bonchev–Trinajstić information content (AvgIpc) is 3.23. The van der Waals surface area contributed by atoms with Crippen molar-refractivity contribution in [3.8, 4) is 0 Å². The Bertz CT molecular complexity index is 1120. The summed E-state index contributed by atoms with van der Waals surface area (Å²) in [5, 5.41) is 32.3. The number of carbonyl (C=O) groups is 2. The van der Waals surface area contributed by atoms with E-state index in [-0.39, 0.29) is 38.2 Å². The summed E-state index contributed by atoms with van der Waals surface area (Å²) in [7, 11) is 0. The number of imide groups is 1. The minimum absolute atomic E-state index is 0. The molecule has 0 aromatic heterocycles. The van der Waals surface area contributed by atoms with E-state index in [0.29, 0.717) is 10.8 Å². The number of aliphatic hydroxyl groups is 2. The highest BCUT2D eigenvalue weighted by Crippen LogP contribution is 2.62. The lowest BCUT2D eigenvalue weighted by Crippen LogP contribution is -2.49. The van der Waals surface area contributed by atoms with Crippen molar-refractivity contribution in [2.45, 2.75) is 44.5 Å². The third-order valence-electron chi connectivity index (χ3n) is 6.96. The van der Waals surface area contributed by atoms with Crippen molar-refractivity contribution in [2.24, 2.45) is 11.8 Å². The fraction of sp³-hybridized carbons (Fsp3) is 0.455. The van der Waals surface area contributed by atoms with Crippen LogP contribution in [-0.4, -0.2) is 50.9 Å². The van der Waals surface area contributed by atoms with Crippen molar-refractivity contribution in [1.29, 1.82) is 0 Å². The lowest BCUT2D eigenvalue weighted by Gasteiger charge is -2.33. The minimum Gasteiger partial charge on any atom is -0.396 e. The van der Waals surface area contributed by atoms with Crippen molar-refractivity contribution in [2.75, 3.05) is 11.5 Å². The highest BCUT2D eigenvalue weighted by Gasteiger charge is 2.76. The van der Waals surface area contributed by atoms with Gasteiger partial charge < -0.3 is 14.9 Å². The van der Waals surface area contributed by atoms with Crippen LogP contribution in [0.1, 0.15) is 27.2 Å². The molecule has 5 atom stereocenters. The number of anilines is 1. The first-order chi connectivity index (χ1) is 14.2. The first-order valence-corrected chi connectivity index (χ1v) is 9.78. The van der Waals surface area contributed by atoms with Crippen molar-refractivity contribution >= 4 is 34.0 Å². The normalized spacial score (nSPS) is 33.6. The third kappa shape index (κ3) is 2.54. The van der Waals surface area contributed by atoms with Crippen molar-refractivity contribution in [1.82, 2.24) is 0 Å². The summed E-state index contributed by atoms with van der Waals surface area (Å²) in [6.45, 7) is 1.39. The Labute approximate surface area is 178 Å². The predicted octanol–water partition coefficient (Wildman–Crippen LogP) is 2.16. The molecule has 31 heavy (non-hydrogen) atoms. The van der Waals surface area contributed by atoms with Crippen LogP contribution in [0.3, 0.4) is 0 Å². The van der Waals surface area contributed by atoms with Crippen LogP contribution in [0.25, 0.3) is 10.8 Å². The molecule has 0 aliphatic carbocycles. The molecule has 9 nitrogen and oxygen atoms in total. The zero-order valence-electron chi connectivity index (χ0n) is 16.1. The lowest BCUT2D eigenvalue weighted by atomic mass is 9.66. The van der Waals surface area contributed by atoms with E-state index in [9.17, 15) is 29.9 Å². The molecule has 3 saturated heterocycles. The number of nitrogens with zero attached hydrogens (tertiary/aromatic N) is 2. The predicted molar refractivity (Wildman–Crippen MR) is 111 cm³/mol. The van der Waals surface area contributed by atoms with Gasteiger partial charge in [0, 0.05) is 30.9 Å². The molecule has 2 N–H and O–H groups in total. The maximum atomic E-state index is 13.5. The Hall–Kier alpha value is -2.88. The quantitative estimate of drug-likeness (QED) is 0.433. The molecule has 164 valence electrons. The van der Waals surface area contributed by atoms with E-state index in [2.05, 4.69) is 0 Å². The number of fused-ring (bicyclic) bond motifs is 6. The Balaban J connectivity index is 0.00000231. The van der Waals surface area contributed by atoms with E-state index in [1.54, 1.807) is 31.2 Å². The SMILES string of the molecule is C.CC12OC(CCO)(C[C@H]1O)[C@@H]1C(=O)N(c3ccc([N+](=O)[O-])c4ccccc34)C(=O)[C@@H]12. The Morgan fingerprint density at radius 3 is 2.45 bits per heavy atom. The second kappa shape index (κ2) is 6.81. The molecule has 2 bridgehead atoms. The van der Waals surface area contributed by atoms with Gasteiger partial charge in [-0.3, -0.25) is 19.7 Å². The van der Waals surface area contributed by atoms with Crippen LogP contribution in [0, 0.1) is 22.0 Å². The van der Waals surface area contributed by atoms with Crippen LogP contribution in [0.5, 0.6) is 0 Å². The molecule has 2 amide bonds. The van der Waals surface area contributed by atoms with Crippen LogP contribution < -0.4 is 4.90 Å². The first-order valence-electron chi connectivity index (χ1n) is 9.78. The van der Waals surface area contributed by atoms with Crippen molar-refractivity contribution in [3.63, 3.8) is 0 Å². The zero-order valence-corrected chi connectivity index (χ0v) is 16.1. The number of rotatable bonds is 4. The van der Waals surface area contributed by atoms with Crippen LogP contribution in [-0.2, 0) is 14.3 Å². The van der Waals surface area contributed by atoms with Gasteiger partial charge in [0.25, 0.3) is 5.69 Å². The second-order valence-corrected chi connectivity index (χ2v) is 8.42. The van der Waals surface area contributed by atoms with E-state index < -0.39 is 45.9 Å². The summed E-state index contributed by atoms with van der Waals surface area (Å²) in [6.07, 6.45) is -0.635. The van der Waals surface area contributed by atoms with Crippen LogP contribution in [0.2, 0.25) is 0 Å². The number of hydrogen-bond acceptors (Lipinski definition) is 7. The fourth-order valence-electron chi connectivity index (χ4n) is 5.67. The monoisotopic (exact) mass is 428 g/mol. The van der Waals surface area contributed by atoms with E-state index >= 15 is 0 Å². The molecule has 2 aromatic carbocycles. The number of nitro groups is 1. The number of hydrogen-bond donors (Lipinski definition) is 2. The van der Waals surface area contributed by atoms with E-state index in [1.165, 1.54) is 12.1 Å². The van der Waals surface area contributed by atoms with Gasteiger partial charge in [-0.15, -0.1) is 0 Å². The van der Waals surface area contributed by atoms with Gasteiger partial charge in [0.05, 0.1) is 39.5 Å². The number of nitro benzene ring substituents is 1. The molecule has 3 heterocycles. The standard InChI is InChI=1S/C21H20N2O7.CH4/c1-20-15(25)10-21(30-20,8-9-24)17-16(20)18(26)22(19(17)27)13-6-7-14(23(28)29)12-5-3-2-4-11(12)13;/h2-7,15-17,24-25H,8-10H2,1H3;1H4/t15-,16-,17+,20?,21?;/m1./s1. The van der Waals surface area contributed by atoms with Crippen molar-refractivity contribution in [3.05, 3.63) is 46.5 Å². The molecule has 2 aromatic rings. The Morgan fingerprint density at radius 1 is 1.16 bits per heavy atom. The summed E-state index contributed by atoms with van der Waals surface area (Å²) in [6, 6.07) is 9.26. The smallest absolute Gasteiger partial charge is 0.277 e. The lowest BCUT2D eigenvalue weighted by molar-refractivity contribution is -0.383. The molecular weight excluding hydrogens is 404 g/mol. The van der Waals surface area contributed by atoms with E-state index in [1.807, 2.05) is 0 Å². The van der Waals surface area contributed by atoms with Gasteiger partial charge in [-0.05, 0) is 19.1 Å². The molecule has 5 rings (SSSR count).